The van der Waals surface area contributed by atoms with Crippen LogP contribution in [0.4, 0.5) is 8.78 Å². The van der Waals surface area contributed by atoms with Gasteiger partial charge in [-0.2, -0.15) is 0 Å². The van der Waals surface area contributed by atoms with Crippen molar-refractivity contribution in [3.63, 3.8) is 0 Å². The largest absolute Gasteiger partial charge is 0.338 e. The van der Waals surface area contributed by atoms with Crippen molar-refractivity contribution in [2.45, 2.75) is 13.0 Å². The number of hydrogen-bond donors (Lipinski definition) is 0. The van der Waals surface area contributed by atoms with E-state index in [4.69, 9.17) is 0 Å². The Morgan fingerprint density at radius 3 is 2.82 bits per heavy atom. The minimum absolute atomic E-state index is 0.00175. The summed E-state index contributed by atoms with van der Waals surface area (Å²) in [4.78, 5) is 13.2. The van der Waals surface area contributed by atoms with E-state index in [0.717, 1.165) is 11.4 Å². The third-order valence-electron chi connectivity index (χ3n) is 2.91. The number of halogens is 3. The molecule has 1 atom stereocenters. The number of amides is 1. The predicted octanol–water partition coefficient (Wildman–Crippen LogP) is 2.71. The van der Waals surface area contributed by atoms with Crippen molar-refractivity contribution in [1.29, 1.82) is 0 Å². The van der Waals surface area contributed by atoms with Crippen molar-refractivity contribution in [1.82, 2.24) is 4.90 Å². The first-order chi connectivity index (χ1) is 8.11. The average molecular weight is 304 g/mol. The molecule has 5 heteroatoms. The van der Waals surface area contributed by atoms with Crippen molar-refractivity contribution in [2.24, 2.45) is 5.92 Å². The van der Waals surface area contributed by atoms with Crippen LogP contribution in [0.15, 0.2) is 18.2 Å². The van der Waals surface area contributed by atoms with E-state index in [1.54, 1.807) is 4.90 Å². The molecule has 0 radical (unpaired) electrons. The number of rotatable bonds is 3. The second-order valence-electron chi connectivity index (χ2n) is 4.21. The minimum Gasteiger partial charge on any atom is -0.338 e. The van der Waals surface area contributed by atoms with Crippen LogP contribution in [0.3, 0.4) is 0 Å². The van der Waals surface area contributed by atoms with Gasteiger partial charge in [-0.1, -0.05) is 28.1 Å². The van der Waals surface area contributed by atoms with Crippen molar-refractivity contribution in [3.05, 3.63) is 35.4 Å². The van der Waals surface area contributed by atoms with Gasteiger partial charge in [0.1, 0.15) is 0 Å². The minimum atomic E-state index is -0.869. The molecule has 0 N–H and O–H groups in total. The zero-order valence-electron chi connectivity index (χ0n) is 9.13. The average Bonchev–Trinajstić information content (AvgIpc) is 2.66. The molecule has 1 unspecified atom stereocenters. The molecule has 0 saturated carbocycles. The molecule has 17 heavy (non-hydrogen) atoms. The van der Waals surface area contributed by atoms with Gasteiger partial charge in [0.25, 0.3) is 0 Å². The fourth-order valence-electron chi connectivity index (χ4n) is 1.99. The van der Waals surface area contributed by atoms with Crippen LogP contribution in [-0.2, 0) is 11.3 Å². The molecule has 0 bridgehead atoms. The first-order valence-corrected chi connectivity index (χ1v) is 6.50. The van der Waals surface area contributed by atoms with E-state index in [9.17, 15) is 13.6 Å². The molecular formula is C12H12BrF2NO. The molecule has 1 amide bonds. The van der Waals surface area contributed by atoms with Gasteiger partial charge in [-0.3, -0.25) is 4.79 Å². The van der Waals surface area contributed by atoms with Crippen molar-refractivity contribution >= 4 is 21.8 Å². The first kappa shape index (κ1) is 12.5. The summed E-state index contributed by atoms with van der Waals surface area (Å²) in [7, 11) is 0. The van der Waals surface area contributed by atoms with Crippen LogP contribution >= 0.6 is 15.9 Å². The Morgan fingerprint density at radius 2 is 2.18 bits per heavy atom. The third-order valence-corrected chi connectivity index (χ3v) is 3.82. The Labute approximate surface area is 107 Å². The second-order valence-corrected chi connectivity index (χ2v) is 4.86. The maximum atomic E-state index is 13.4. The highest BCUT2D eigenvalue weighted by Gasteiger charge is 2.29. The maximum absolute atomic E-state index is 13.4. The molecule has 92 valence electrons. The molecule has 0 spiro atoms. The number of hydrogen-bond acceptors (Lipinski definition) is 1. The van der Waals surface area contributed by atoms with E-state index in [0.29, 0.717) is 13.0 Å². The summed E-state index contributed by atoms with van der Waals surface area (Å²) in [5.74, 6) is -1.47. The molecule has 1 aliphatic heterocycles. The summed E-state index contributed by atoms with van der Waals surface area (Å²) < 4.78 is 26.4. The lowest BCUT2D eigenvalue weighted by Crippen LogP contribution is -2.25. The third kappa shape index (κ3) is 2.65. The van der Waals surface area contributed by atoms with Gasteiger partial charge in [0.2, 0.25) is 5.91 Å². The Hall–Kier alpha value is -0.970. The summed E-state index contributed by atoms with van der Waals surface area (Å²) in [5.41, 5.74) is 0.230. The molecule has 0 aliphatic carbocycles. The normalized spacial score (nSPS) is 20.1. The topological polar surface area (TPSA) is 20.3 Å². The van der Waals surface area contributed by atoms with Crippen LogP contribution in [0.1, 0.15) is 12.0 Å². The molecule has 2 rings (SSSR count). The smallest absolute Gasteiger partial charge is 0.223 e. The number of likely N-dealkylation sites (tertiary alicyclic amines) is 1. The highest BCUT2D eigenvalue weighted by molar-refractivity contribution is 9.09. The number of benzene rings is 1. The predicted molar refractivity (Wildman–Crippen MR) is 63.7 cm³/mol. The van der Waals surface area contributed by atoms with Gasteiger partial charge in [-0.05, 0) is 12.0 Å². The summed E-state index contributed by atoms with van der Waals surface area (Å²) >= 11 is 3.33. The SMILES string of the molecule is O=C1CC(CBr)CN1Cc1cccc(F)c1F. The van der Waals surface area contributed by atoms with Crippen LogP contribution in [0.2, 0.25) is 0 Å². The number of carbonyl (C=O) groups excluding carboxylic acids is 1. The first-order valence-electron chi connectivity index (χ1n) is 5.38. The second kappa shape index (κ2) is 5.12. The molecule has 0 aromatic heterocycles. The van der Waals surface area contributed by atoms with Crippen molar-refractivity contribution in [3.8, 4) is 0 Å². The van der Waals surface area contributed by atoms with Gasteiger partial charge in [-0.15, -0.1) is 0 Å². The molecule has 1 aromatic rings. The van der Waals surface area contributed by atoms with Gasteiger partial charge in [0.15, 0.2) is 11.6 Å². The van der Waals surface area contributed by atoms with Crippen molar-refractivity contribution in [2.75, 3.05) is 11.9 Å². The van der Waals surface area contributed by atoms with Gasteiger partial charge in [-0.25, -0.2) is 8.78 Å². The van der Waals surface area contributed by atoms with Crippen molar-refractivity contribution < 1.29 is 13.6 Å². The maximum Gasteiger partial charge on any atom is 0.223 e. The number of nitrogens with zero attached hydrogens (tertiary/aromatic N) is 1. The Balaban J connectivity index is 2.11. The van der Waals surface area contributed by atoms with Crippen LogP contribution < -0.4 is 0 Å². The molecule has 1 aliphatic rings. The van der Waals surface area contributed by atoms with Gasteiger partial charge in [0, 0.05) is 30.4 Å². The Kier molecular flexibility index (Phi) is 3.76. The summed E-state index contributed by atoms with van der Waals surface area (Å²) in [5, 5.41) is 0.751. The van der Waals surface area contributed by atoms with Gasteiger partial charge in [0.05, 0.1) is 0 Å². The van der Waals surface area contributed by atoms with E-state index in [2.05, 4.69) is 15.9 Å². The Bertz CT molecular complexity index is 439. The molecule has 2 nitrogen and oxygen atoms in total. The fraction of sp³-hybridized carbons (Fsp3) is 0.417. The van der Waals surface area contributed by atoms with E-state index >= 15 is 0 Å². The highest BCUT2D eigenvalue weighted by Crippen LogP contribution is 2.23. The van der Waals surface area contributed by atoms with Gasteiger partial charge >= 0.3 is 0 Å². The van der Waals surface area contributed by atoms with Crippen LogP contribution in [0.25, 0.3) is 0 Å². The molecule has 1 saturated heterocycles. The molecule has 1 heterocycles. The van der Waals surface area contributed by atoms with E-state index in [-0.39, 0.29) is 23.9 Å². The quantitative estimate of drug-likeness (QED) is 0.786. The lowest BCUT2D eigenvalue weighted by atomic mass is 10.1. The lowest BCUT2D eigenvalue weighted by molar-refractivity contribution is -0.128. The molecule has 1 aromatic carbocycles. The van der Waals surface area contributed by atoms with E-state index in [1.807, 2.05) is 0 Å². The summed E-state index contributed by atoms with van der Waals surface area (Å²) in [6, 6.07) is 4.04. The molecular weight excluding hydrogens is 292 g/mol. The zero-order chi connectivity index (χ0) is 12.4. The van der Waals surface area contributed by atoms with Crippen LogP contribution in [-0.4, -0.2) is 22.7 Å². The number of carbonyl (C=O) groups is 1. The highest BCUT2D eigenvalue weighted by atomic mass is 79.9. The lowest BCUT2D eigenvalue weighted by Gasteiger charge is -2.16. The van der Waals surface area contributed by atoms with Crippen LogP contribution in [0.5, 0.6) is 0 Å². The summed E-state index contributed by atoms with van der Waals surface area (Å²) in [6.45, 7) is 0.742. The van der Waals surface area contributed by atoms with E-state index < -0.39 is 11.6 Å². The summed E-state index contributed by atoms with van der Waals surface area (Å²) in [6.07, 6.45) is 0.474. The fourth-order valence-corrected chi connectivity index (χ4v) is 2.42. The standard InChI is InChI=1S/C12H12BrF2NO/c13-5-8-4-11(17)16(6-8)7-9-2-1-3-10(14)12(9)15/h1-3,8H,4-7H2. The number of alkyl halides is 1. The van der Waals surface area contributed by atoms with Crippen LogP contribution in [0, 0.1) is 17.6 Å². The van der Waals surface area contributed by atoms with Gasteiger partial charge < -0.3 is 4.90 Å². The van der Waals surface area contributed by atoms with E-state index in [1.165, 1.54) is 12.1 Å². The Morgan fingerprint density at radius 1 is 1.41 bits per heavy atom. The monoisotopic (exact) mass is 303 g/mol. The molecule has 1 fully saturated rings. The zero-order valence-corrected chi connectivity index (χ0v) is 10.7.